The molecule has 0 radical (unpaired) electrons. The highest BCUT2D eigenvalue weighted by Crippen LogP contribution is 2.17. The van der Waals surface area contributed by atoms with E-state index in [4.69, 9.17) is 4.74 Å². The SMILES string of the molecule is COCCN(C)CCNC(=O)c1n[nH]c(C(C)(C)C)n1. The van der Waals surface area contributed by atoms with Gasteiger partial charge in [-0.2, -0.15) is 0 Å². The highest BCUT2D eigenvalue weighted by atomic mass is 16.5. The molecule has 1 rings (SSSR count). The van der Waals surface area contributed by atoms with Gasteiger partial charge in [0.15, 0.2) is 0 Å². The monoisotopic (exact) mass is 283 g/mol. The maximum Gasteiger partial charge on any atom is 0.291 e. The summed E-state index contributed by atoms with van der Waals surface area (Å²) >= 11 is 0. The Kier molecular flexibility index (Phi) is 6.09. The van der Waals surface area contributed by atoms with Crippen LogP contribution in [0.4, 0.5) is 0 Å². The minimum atomic E-state index is -0.253. The van der Waals surface area contributed by atoms with E-state index < -0.39 is 0 Å². The Morgan fingerprint density at radius 3 is 2.65 bits per heavy atom. The second kappa shape index (κ2) is 7.35. The minimum absolute atomic E-state index is 0.147. The standard InChI is InChI=1S/C13H25N5O2/c1-13(2,3)12-15-10(16-17-12)11(19)14-6-7-18(4)8-9-20-5/h6-9H2,1-5H3,(H,14,19)(H,15,16,17). The molecule has 0 saturated carbocycles. The summed E-state index contributed by atoms with van der Waals surface area (Å²) in [4.78, 5) is 18.2. The number of carbonyl (C=O) groups is 1. The van der Waals surface area contributed by atoms with E-state index in [2.05, 4.69) is 25.4 Å². The second-order valence-corrected chi connectivity index (χ2v) is 5.81. The lowest BCUT2D eigenvalue weighted by atomic mass is 9.96. The van der Waals surface area contributed by atoms with E-state index in [9.17, 15) is 4.79 Å². The summed E-state index contributed by atoms with van der Waals surface area (Å²) in [6, 6.07) is 0. The quantitative estimate of drug-likeness (QED) is 0.757. The third-order valence-corrected chi connectivity index (χ3v) is 2.86. The van der Waals surface area contributed by atoms with Crippen LogP contribution in [0.3, 0.4) is 0 Å². The molecule has 0 spiro atoms. The van der Waals surface area contributed by atoms with E-state index in [-0.39, 0.29) is 17.1 Å². The number of ether oxygens (including phenoxy) is 1. The number of aromatic amines is 1. The van der Waals surface area contributed by atoms with Crippen molar-refractivity contribution in [1.82, 2.24) is 25.4 Å². The van der Waals surface area contributed by atoms with Crippen LogP contribution in [0.25, 0.3) is 0 Å². The van der Waals surface area contributed by atoms with Crippen LogP contribution < -0.4 is 5.32 Å². The lowest BCUT2D eigenvalue weighted by Crippen LogP contribution is -2.34. The molecule has 0 unspecified atom stereocenters. The van der Waals surface area contributed by atoms with Crippen LogP contribution in [0.1, 0.15) is 37.2 Å². The number of methoxy groups -OCH3 is 1. The number of nitrogens with one attached hydrogen (secondary N) is 2. The van der Waals surface area contributed by atoms with Gasteiger partial charge in [0.05, 0.1) is 6.61 Å². The normalized spacial score (nSPS) is 11.9. The average Bonchev–Trinajstić information content (AvgIpc) is 2.85. The van der Waals surface area contributed by atoms with E-state index in [0.29, 0.717) is 19.0 Å². The van der Waals surface area contributed by atoms with Crippen LogP contribution in [0.2, 0.25) is 0 Å². The zero-order chi connectivity index (χ0) is 15.2. The average molecular weight is 283 g/mol. The number of likely N-dealkylation sites (N-methyl/N-ethyl adjacent to an activating group) is 1. The number of rotatable bonds is 7. The number of nitrogens with zero attached hydrogens (tertiary/aromatic N) is 3. The van der Waals surface area contributed by atoms with Crippen molar-refractivity contribution in [2.75, 3.05) is 40.4 Å². The van der Waals surface area contributed by atoms with E-state index in [1.807, 2.05) is 27.8 Å². The Morgan fingerprint density at radius 2 is 2.10 bits per heavy atom. The lowest BCUT2D eigenvalue weighted by molar-refractivity contribution is 0.0937. The van der Waals surface area contributed by atoms with Crippen LogP contribution in [0.15, 0.2) is 0 Å². The summed E-state index contributed by atoms with van der Waals surface area (Å²) < 4.78 is 4.99. The van der Waals surface area contributed by atoms with Gasteiger partial charge in [0.2, 0.25) is 5.82 Å². The number of hydrogen-bond donors (Lipinski definition) is 2. The molecule has 0 fully saturated rings. The van der Waals surface area contributed by atoms with Crippen molar-refractivity contribution in [2.24, 2.45) is 0 Å². The number of amides is 1. The molecule has 0 aromatic carbocycles. The fraction of sp³-hybridized carbons (Fsp3) is 0.769. The molecule has 0 aliphatic rings. The van der Waals surface area contributed by atoms with E-state index in [1.165, 1.54) is 0 Å². The second-order valence-electron chi connectivity index (χ2n) is 5.81. The van der Waals surface area contributed by atoms with Crippen LogP contribution in [0.5, 0.6) is 0 Å². The molecule has 0 bridgehead atoms. The Hall–Kier alpha value is -1.47. The minimum Gasteiger partial charge on any atom is -0.383 e. The third-order valence-electron chi connectivity index (χ3n) is 2.86. The van der Waals surface area contributed by atoms with Gasteiger partial charge >= 0.3 is 0 Å². The maximum absolute atomic E-state index is 11.9. The summed E-state index contributed by atoms with van der Waals surface area (Å²) in [5, 5.41) is 9.56. The van der Waals surface area contributed by atoms with E-state index in [0.717, 1.165) is 13.1 Å². The molecule has 0 saturated heterocycles. The van der Waals surface area contributed by atoms with Gasteiger partial charge in [-0.3, -0.25) is 9.89 Å². The fourth-order valence-electron chi connectivity index (χ4n) is 1.50. The van der Waals surface area contributed by atoms with Crippen molar-refractivity contribution in [3.63, 3.8) is 0 Å². The zero-order valence-corrected chi connectivity index (χ0v) is 13.0. The predicted octanol–water partition coefficient (Wildman–Crippen LogP) is 0.410. The first-order chi connectivity index (χ1) is 9.34. The number of aromatic nitrogens is 3. The van der Waals surface area contributed by atoms with E-state index >= 15 is 0 Å². The van der Waals surface area contributed by atoms with Gasteiger partial charge in [-0.05, 0) is 7.05 Å². The van der Waals surface area contributed by atoms with Crippen LogP contribution in [-0.2, 0) is 10.2 Å². The topological polar surface area (TPSA) is 83.1 Å². The maximum atomic E-state index is 11.9. The van der Waals surface area contributed by atoms with Gasteiger partial charge in [0.1, 0.15) is 5.82 Å². The zero-order valence-electron chi connectivity index (χ0n) is 13.0. The molecule has 0 aliphatic heterocycles. The lowest BCUT2D eigenvalue weighted by Gasteiger charge is -2.15. The molecule has 20 heavy (non-hydrogen) atoms. The predicted molar refractivity (Wildman–Crippen MR) is 76.8 cm³/mol. The molecular formula is C13H25N5O2. The molecule has 0 aliphatic carbocycles. The Bertz CT molecular complexity index is 425. The number of carbonyl (C=O) groups excluding carboxylic acids is 1. The van der Waals surface area contributed by atoms with Crippen LogP contribution in [-0.4, -0.2) is 66.4 Å². The smallest absolute Gasteiger partial charge is 0.291 e. The van der Waals surface area contributed by atoms with Gasteiger partial charge in [-0.15, -0.1) is 5.10 Å². The number of H-pyrrole nitrogens is 1. The summed E-state index contributed by atoms with van der Waals surface area (Å²) in [5.74, 6) is 0.645. The summed E-state index contributed by atoms with van der Waals surface area (Å²) in [6.45, 7) is 8.87. The fourth-order valence-corrected chi connectivity index (χ4v) is 1.50. The van der Waals surface area contributed by atoms with Gasteiger partial charge in [0.25, 0.3) is 5.91 Å². The molecular weight excluding hydrogens is 258 g/mol. The van der Waals surface area contributed by atoms with Crippen molar-refractivity contribution in [3.05, 3.63) is 11.6 Å². The highest BCUT2D eigenvalue weighted by Gasteiger charge is 2.21. The summed E-state index contributed by atoms with van der Waals surface area (Å²) in [7, 11) is 3.65. The molecule has 1 heterocycles. The first-order valence-corrected chi connectivity index (χ1v) is 6.73. The van der Waals surface area contributed by atoms with Gasteiger partial charge in [0, 0.05) is 32.2 Å². The molecule has 7 heteroatoms. The third kappa shape index (κ3) is 5.26. The Morgan fingerprint density at radius 1 is 1.40 bits per heavy atom. The van der Waals surface area contributed by atoms with Crippen LogP contribution >= 0.6 is 0 Å². The van der Waals surface area contributed by atoms with Crippen molar-refractivity contribution >= 4 is 5.91 Å². The molecule has 7 nitrogen and oxygen atoms in total. The number of hydrogen-bond acceptors (Lipinski definition) is 5. The molecule has 1 aromatic rings. The van der Waals surface area contributed by atoms with Gasteiger partial charge in [-0.25, -0.2) is 4.98 Å². The highest BCUT2D eigenvalue weighted by molar-refractivity contribution is 5.90. The van der Waals surface area contributed by atoms with Crippen LogP contribution in [0, 0.1) is 0 Å². The van der Waals surface area contributed by atoms with E-state index in [1.54, 1.807) is 7.11 Å². The molecule has 0 atom stereocenters. The Labute approximate surface area is 120 Å². The first kappa shape index (κ1) is 16.6. The van der Waals surface area contributed by atoms with Gasteiger partial charge in [-0.1, -0.05) is 20.8 Å². The molecule has 1 amide bonds. The Balaban J connectivity index is 2.38. The first-order valence-electron chi connectivity index (χ1n) is 6.73. The van der Waals surface area contributed by atoms with Crippen molar-refractivity contribution < 1.29 is 9.53 Å². The molecule has 114 valence electrons. The summed E-state index contributed by atoms with van der Waals surface area (Å²) in [6.07, 6.45) is 0. The van der Waals surface area contributed by atoms with Crippen molar-refractivity contribution in [2.45, 2.75) is 26.2 Å². The van der Waals surface area contributed by atoms with Crippen molar-refractivity contribution in [3.8, 4) is 0 Å². The molecule has 2 N–H and O–H groups in total. The van der Waals surface area contributed by atoms with Gasteiger partial charge < -0.3 is 15.0 Å². The largest absolute Gasteiger partial charge is 0.383 e. The van der Waals surface area contributed by atoms with Crippen molar-refractivity contribution in [1.29, 1.82) is 0 Å². The molecule has 1 aromatic heterocycles. The summed E-state index contributed by atoms with van der Waals surface area (Å²) in [5.41, 5.74) is -0.147.